The van der Waals surface area contributed by atoms with Crippen LogP contribution in [0.4, 0.5) is 16.3 Å². The Labute approximate surface area is 185 Å². The number of aromatic nitrogens is 1. The molecule has 0 aromatic carbocycles. The molecule has 31 heavy (non-hydrogen) atoms. The summed E-state index contributed by atoms with van der Waals surface area (Å²) < 4.78 is 5.58. The summed E-state index contributed by atoms with van der Waals surface area (Å²) in [4.78, 5) is 42.0. The van der Waals surface area contributed by atoms with Crippen LogP contribution in [0.5, 0.6) is 0 Å². The molecule has 0 spiro atoms. The second-order valence-electron chi connectivity index (χ2n) is 10.6. The molecular weight excluding hydrogens is 416 g/mol. The first-order chi connectivity index (χ1) is 14.0. The summed E-state index contributed by atoms with van der Waals surface area (Å²) in [5, 5.41) is 10.7. The summed E-state index contributed by atoms with van der Waals surface area (Å²) >= 11 is 0. The van der Waals surface area contributed by atoms with Gasteiger partial charge in [-0.05, 0) is 57.3 Å². The van der Waals surface area contributed by atoms with Crippen LogP contribution >= 0.6 is 0 Å². The first kappa shape index (κ1) is 25.1. The van der Waals surface area contributed by atoms with Crippen molar-refractivity contribution in [3.8, 4) is 0 Å². The Morgan fingerprint density at radius 2 is 1.94 bits per heavy atom. The predicted octanol–water partition coefficient (Wildman–Crippen LogP) is 4.03. The first-order valence-corrected chi connectivity index (χ1v) is 13.5. The molecule has 9 nitrogen and oxygen atoms in total. The van der Waals surface area contributed by atoms with Crippen molar-refractivity contribution >= 4 is 25.9 Å². The standard InChI is InChI=1S/C21H36N4O5Si/c1-20(2,3)30-19(26)23(6)17-14-24(18-10-9-16(12-22-18)25(27)28)13-15(17)11-21(4,5)31(7,8)29/h9-10,12,15,17,29H,11,13-14H2,1-8H3/t15-,17-/m1/s1. The lowest BCUT2D eigenvalue weighted by atomic mass is 9.91. The predicted molar refractivity (Wildman–Crippen MR) is 123 cm³/mol. The average Bonchev–Trinajstić information content (AvgIpc) is 3.01. The van der Waals surface area contributed by atoms with Gasteiger partial charge in [0.15, 0.2) is 8.32 Å². The molecule has 1 fully saturated rings. The van der Waals surface area contributed by atoms with Gasteiger partial charge in [-0.2, -0.15) is 0 Å². The molecule has 1 aromatic rings. The van der Waals surface area contributed by atoms with E-state index >= 15 is 0 Å². The van der Waals surface area contributed by atoms with Crippen LogP contribution in [0, 0.1) is 16.0 Å². The van der Waals surface area contributed by atoms with E-state index in [9.17, 15) is 19.7 Å². The van der Waals surface area contributed by atoms with E-state index in [0.29, 0.717) is 18.9 Å². The van der Waals surface area contributed by atoms with Crippen LogP contribution in [0.2, 0.25) is 18.1 Å². The Kier molecular flexibility index (Phi) is 7.06. The van der Waals surface area contributed by atoms with Crippen LogP contribution in [0.25, 0.3) is 0 Å². The van der Waals surface area contributed by atoms with E-state index in [1.54, 1.807) is 18.0 Å². The highest BCUT2D eigenvalue weighted by atomic mass is 28.4. The molecule has 2 heterocycles. The maximum absolute atomic E-state index is 12.8. The number of carbonyl (C=O) groups is 1. The number of likely N-dealkylation sites (N-methyl/N-ethyl adjacent to an activating group) is 1. The number of anilines is 1. The van der Waals surface area contributed by atoms with E-state index in [-0.39, 0.29) is 28.8 Å². The molecule has 1 saturated heterocycles. The third kappa shape index (κ3) is 6.16. The van der Waals surface area contributed by atoms with Gasteiger partial charge in [-0.1, -0.05) is 13.8 Å². The Balaban J connectivity index is 2.30. The molecule has 1 aromatic heterocycles. The molecule has 1 aliphatic heterocycles. The van der Waals surface area contributed by atoms with E-state index in [2.05, 4.69) is 18.8 Å². The minimum Gasteiger partial charge on any atom is -0.444 e. The van der Waals surface area contributed by atoms with Crippen LogP contribution in [-0.2, 0) is 4.74 Å². The third-order valence-corrected chi connectivity index (χ3v) is 9.80. The number of amides is 1. The van der Waals surface area contributed by atoms with Crippen molar-refractivity contribution in [2.75, 3.05) is 25.0 Å². The molecule has 0 bridgehead atoms. The minimum absolute atomic E-state index is 0.0592. The summed E-state index contributed by atoms with van der Waals surface area (Å²) in [6.07, 6.45) is 1.60. The zero-order valence-electron chi connectivity index (χ0n) is 19.9. The molecule has 0 aliphatic carbocycles. The number of nitrogens with zero attached hydrogens (tertiary/aromatic N) is 4. The molecule has 174 valence electrons. The fraction of sp³-hybridized carbons (Fsp3) is 0.714. The Morgan fingerprint density at radius 1 is 1.32 bits per heavy atom. The number of hydrogen-bond acceptors (Lipinski definition) is 7. The van der Waals surface area contributed by atoms with Gasteiger partial charge in [-0.15, -0.1) is 0 Å². The van der Waals surface area contributed by atoms with Gasteiger partial charge in [-0.3, -0.25) is 10.1 Å². The smallest absolute Gasteiger partial charge is 0.410 e. The molecule has 0 radical (unpaired) electrons. The van der Waals surface area contributed by atoms with E-state index in [0.717, 1.165) is 6.42 Å². The van der Waals surface area contributed by atoms with Gasteiger partial charge in [0.05, 0.1) is 11.0 Å². The van der Waals surface area contributed by atoms with E-state index < -0.39 is 18.8 Å². The maximum atomic E-state index is 12.8. The van der Waals surface area contributed by atoms with Gasteiger partial charge in [0, 0.05) is 26.2 Å². The monoisotopic (exact) mass is 452 g/mol. The fourth-order valence-corrected chi connectivity index (χ4v) is 4.49. The number of ether oxygens (including phenoxy) is 1. The molecule has 2 atom stereocenters. The molecule has 1 N–H and O–H groups in total. The number of nitro groups is 1. The van der Waals surface area contributed by atoms with Crippen molar-refractivity contribution in [1.29, 1.82) is 0 Å². The summed E-state index contributed by atoms with van der Waals surface area (Å²) in [7, 11) is -0.704. The van der Waals surface area contributed by atoms with Crippen LogP contribution in [0.1, 0.15) is 41.0 Å². The molecule has 0 saturated carbocycles. The summed E-state index contributed by atoms with van der Waals surface area (Å²) in [5.41, 5.74) is -0.658. The lowest BCUT2D eigenvalue weighted by Gasteiger charge is -2.39. The van der Waals surface area contributed by atoms with E-state index in [1.807, 2.05) is 38.8 Å². The second-order valence-corrected chi connectivity index (χ2v) is 15.1. The minimum atomic E-state index is -2.45. The first-order valence-electron chi connectivity index (χ1n) is 10.6. The fourth-order valence-electron chi connectivity index (χ4n) is 3.73. The normalized spacial score (nSPS) is 20.0. The van der Waals surface area contributed by atoms with Crippen molar-refractivity contribution in [2.45, 2.75) is 70.8 Å². The van der Waals surface area contributed by atoms with E-state index in [4.69, 9.17) is 4.74 Å². The van der Waals surface area contributed by atoms with Gasteiger partial charge >= 0.3 is 6.09 Å². The lowest BCUT2D eigenvalue weighted by molar-refractivity contribution is -0.385. The Bertz CT molecular complexity index is 801. The molecule has 2 rings (SSSR count). The van der Waals surface area contributed by atoms with Crippen molar-refractivity contribution in [3.05, 3.63) is 28.4 Å². The van der Waals surface area contributed by atoms with Crippen LogP contribution in [-0.4, -0.2) is 65.8 Å². The number of pyridine rings is 1. The largest absolute Gasteiger partial charge is 0.444 e. The average molecular weight is 453 g/mol. The zero-order chi connectivity index (χ0) is 23.8. The van der Waals surface area contributed by atoms with Crippen LogP contribution in [0.15, 0.2) is 18.3 Å². The maximum Gasteiger partial charge on any atom is 0.410 e. The SMILES string of the molecule is CN(C(=O)OC(C)(C)C)[C@@H]1CN(c2ccc([N+](=O)[O-])cn2)C[C@H]1CC(C)(C)[Si](C)(C)O. The summed E-state index contributed by atoms with van der Waals surface area (Å²) in [5.74, 6) is 0.720. The summed E-state index contributed by atoms with van der Waals surface area (Å²) in [6, 6.07) is 2.94. The molecule has 1 amide bonds. The van der Waals surface area contributed by atoms with Crippen molar-refractivity contribution in [2.24, 2.45) is 5.92 Å². The molecule has 0 unspecified atom stereocenters. The van der Waals surface area contributed by atoms with Gasteiger partial charge in [-0.25, -0.2) is 9.78 Å². The molecule has 10 heteroatoms. The topological polar surface area (TPSA) is 109 Å². The Morgan fingerprint density at radius 3 is 2.39 bits per heavy atom. The lowest BCUT2D eigenvalue weighted by Crippen LogP contribution is -2.47. The third-order valence-electron chi connectivity index (χ3n) is 6.28. The Hall–Kier alpha value is -2.20. The highest BCUT2D eigenvalue weighted by Gasteiger charge is 2.46. The summed E-state index contributed by atoms with van der Waals surface area (Å²) in [6.45, 7) is 14.7. The van der Waals surface area contributed by atoms with Crippen molar-refractivity contribution < 1.29 is 19.3 Å². The van der Waals surface area contributed by atoms with Gasteiger partial charge in [0.1, 0.15) is 17.6 Å². The molecule has 1 aliphatic rings. The second kappa shape index (κ2) is 8.74. The molecular formula is C21H36N4O5Si. The number of carbonyl (C=O) groups excluding carboxylic acids is 1. The zero-order valence-corrected chi connectivity index (χ0v) is 20.9. The van der Waals surface area contributed by atoms with Crippen LogP contribution in [0.3, 0.4) is 0 Å². The van der Waals surface area contributed by atoms with Gasteiger partial charge in [0.2, 0.25) is 0 Å². The van der Waals surface area contributed by atoms with Crippen molar-refractivity contribution in [1.82, 2.24) is 9.88 Å². The van der Waals surface area contributed by atoms with Gasteiger partial charge in [0.25, 0.3) is 5.69 Å². The highest BCUT2D eigenvalue weighted by molar-refractivity contribution is 6.72. The van der Waals surface area contributed by atoms with Crippen molar-refractivity contribution in [3.63, 3.8) is 0 Å². The van der Waals surface area contributed by atoms with Crippen LogP contribution < -0.4 is 4.90 Å². The van der Waals surface area contributed by atoms with E-state index in [1.165, 1.54) is 12.3 Å². The van der Waals surface area contributed by atoms with Gasteiger partial charge < -0.3 is 19.3 Å². The number of hydrogen-bond donors (Lipinski definition) is 1. The quantitative estimate of drug-likeness (QED) is 0.394. The number of rotatable bonds is 6. The highest BCUT2D eigenvalue weighted by Crippen LogP contribution is 2.44.